The summed E-state index contributed by atoms with van der Waals surface area (Å²) in [5.74, 6) is -1.42. The number of benzene rings is 2. The fourth-order valence-electron chi connectivity index (χ4n) is 2.56. The van der Waals surface area contributed by atoms with Crippen molar-refractivity contribution in [3.8, 4) is 0 Å². The number of aromatic nitrogens is 2. The molecule has 1 heterocycles. The highest BCUT2D eigenvalue weighted by Gasteiger charge is 2.20. The molecule has 0 saturated carbocycles. The summed E-state index contributed by atoms with van der Waals surface area (Å²) >= 11 is 0. The zero-order valence-corrected chi connectivity index (χ0v) is 13.9. The first-order chi connectivity index (χ1) is 12.5. The summed E-state index contributed by atoms with van der Waals surface area (Å²) in [6.45, 7) is 0. The first kappa shape index (κ1) is 17.5. The van der Waals surface area contributed by atoms with Gasteiger partial charge in [-0.15, -0.1) is 0 Å². The van der Waals surface area contributed by atoms with E-state index in [1.165, 1.54) is 24.3 Å². The van der Waals surface area contributed by atoms with Crippen LogP contribution in [0.2, 0.25) is 0 Å². The third-order valence-electron chi connectivity index (χ3n) is 3.87. The minimum atomic E-state index is -0.904. The number of carbonyl (C=O) groups is 2. The second-order valence-corrected chi connectivity index (χ2v) is 5.88. The monoisotopic (exact) mass is 352 g/mol. The average molecular weight is 352 g/mol. The molecule has 2 aromatic carbocycles. The molecule has 0 spiro atoms. The Kier molecular flexibility index (Phi) is 5.17. The Morgan fingerprint density at radius 1 is 1.08 bits per heavy atom. The van der Waals surface area contributed by atoms with E-state index in [4.69, 9.17) is 5.73 Å². The van der Waals surface area contributed by atoms with Crippen LogP contribution in [0.5, 0.6) is 0 Å². The number of para-hydroxylation sites is 2. The smallest absolute Gasteiger partial charge is 0.240 e. The van der Waals surface area contributed by atoms with Gasteiger partial charge in [0.1, 0.15) is 11.9 Å². The lowest BCUT2D eigenvalue weighted by molar-refractivity contribution is -0.127. The van der Waals surface area contributed by atoms with E-state index in [0.717, 1.165) is 5.52 Å². The largest absolute Gasteiger partial charge is 0.368 e. The highest BCUT2D eigenvalue weighted by Crippen LogP contribution is 2.10. The molecule has 0 bridgehead atoms. The molecule has 0 fully saturated rings. The molecule has 0 aliphatic carbocycles. The number of nitrogens with one attached hydrogen (secondary N) is 1. The van der Waals surface area contributed by atoms with Gasteiger partial charge in [0.05, 0.1) is 23.1 Å². The van der Waals surface area contributed by atoms with Gasteiger partial charge < -0.3 is 11.1 Å². The molecule has 0 unspecified atom stereocenters. The first-order valence-electron chi connectivity index (χ1n) is 8.05. The van der Waals surface area contributed by atoms with Crippen molar-refractivity contribution in [2.75, 3.05) is 0 Å². The third kappa shape index (κ3) is 4.38. The van der Waals surface area contributed by atoms with Gasteiger partial charge >= 0.3 is 0 Å². The number of hydrogen-bond donors (Lipinski definition) is 2. The molecular formula is C19H17FN4O2. The van der Waals surface area contributed by atoms with Crippen LogP contribution in [0.15, 0.2) is 54.7 Å². The van der Waals surface area contributed by atoms with E-state index in [2.05, 4.69) is 15.3 Å². The molecule has 7 heteroatoms. The summed E-state index contributed by atoms with van der Waals surface area (Å²) in [5.41, 5.74) is 8.04. The number of nitrogens with two attached hydrogens (primary N) is 1. The minimum absolute atomic E-state index is 0.0213. The summed E-state index contributed by atoms with van der Waals surface area (Å²) in [4.78, 5) is 32.6. The number of rotatable bonds is 6. The number of amides is 2. The molecule has 2 amide bonds. The summed E-state index contributed by atoms with van der Waals surface area (Å²) < 4.78 is 12.9. The van der Waals surface area contributed by atoms with Crippen molar-refractivity contribution in [2.45, 2.75) is 18.9 Å². The van der Waals surface area contributed by atoms with Gasteiger partial charge in [0.15, 0.2) is 0 Å². The van der Waals surface area contributed by atoms with E-state index in [1.807, 2.05) is 24.3 Å². The predicted octanol–water partition coefficient (Wildman–Crippen LogP) is 1.52. The number of hydrogen-bond acceptors (Lipinski definition) is 4. The van der Waals surface area contributed by atoms with E-state index >= 15 is 0 Å². The Hall–Kier alpha value is -3.35. The van der Waals surface area contributed by atoms with Crippen LogP contribution in [0.3, 0.4) is 0 Å². The van der Waals surface area contributed by atoms with Crippen molar-refractivity contribution < 1.29 is 14.0 Å². The number of nitrogens with zero attached hydrogens (tertiary/aromatic N) is 2. The van der Waals surface area contributed by atoms with Crippen LogP contribution in [0.25, 0.3) is 11.0 Å². The van der Waals surface area contributed by atoms with E-state index < -0.39 is 11.9 Å². The maximum absolute atomic E-state index is 12.9. The SMILES string of the molecule is NC(=O)[C@H](Cc1cnc2ccccc2n1)NC(=O)Cc1ccc(F)cc1. The van der Waals surface area contributed by atoms with Gasteiger partial charge in [-0.3, -0.25) is 14.6 Å². The Morgan fingerprint density at radius 3 is 2.46 bits per heavy atom. The topological polar surface area (TPSA) is 98.0 Å². The normalized spacial score (nSPS) is 11.9. The van der Waals surface area contributed by atoms with Crippen LogP contribution in [0, 0.1) is 5.82 Å². The van der Waals surface area contributed by atoms with Gasteiger partial charge in [0.2, 0.25) is 11.8 Å². The van der Waals surface area contributed by atoms with Crippen molar-refractivity contribution in [1.29, 1.82) is 0 Å². The highest BCUT2D eigenvalue weighted by atomic mass is 19.1. The molecule has 0 aliphatic rings. The van der Waals surface area contributed by atoms with E-state index in [-0.39, 0.29) is 24.6 Å². The molecule has 0 saturated heterocycles. The lowest BCUT2D eigenvalue weighted by Crippen LogP contribution is -2.46. The second-order valence-electron chi connectivity index (χ2n) is 5.88. The number of halogens is 1. The van der Waals surface area contributed by atoms with E-state index in [0.29, 0.717) is 16.8 Å². The molecule has 3 rings (SSSR count). The summed E-state index contributed by atoms with van der Waals surface area (Å²) in [6.07, 6.45) is 1.72. The summed E-state index contributed by atoms with van der Waals surface area (Å²) in [5, 5.41) is 2.60. The molecule has 132 valence electrons. The van der Waals surface area contributed by atoms with Crippen LogP contribution >= 0.6 is 0 Å². The zero-order chi connectivity index (χ0) is 18.5. The Bertz CT molecular complexity index is 944. The highest BCUT2D eigenvalue weighted by molar-refractivity contribution is 5.87. The second kappa shape index (κ2) is 7.69. The fourth-order valence-corrected chi connectivity index (χ4v) is 2.56. The van der Waals surface area contributed by atoms with Crippen LogP contribution in [0.4, 0.5) is 4.39 Å². The lowest BCUT2D eigenvalue weighted by atomic mass is 10.1. The van der Waals surface area contributed by atoms with Crippen molar-refractivity contribution >= 4 is 22.8 Å². The quantitative estimate of drug-likeness (QED) is 0.703. The summed E-state index contributed by atoms with van der Waals surface area (Å²) in [7, 11) is 0. The van der Waals surface area contributed by atoms with E-state index in [1.54, 1.807) is 6.20 Å². The molecule has 6 nitrogen and oxygen atoms in total. The van der Waals surface area contributed by atoms with Crippen LogP contribution in [0.1, 0.15) is 11.3 Å². The molecule has 0 radical (unpaired) electrons. The van der Waals surface area contributed by atoms with Gasteiger partial charge in [-0.05, 0) is 29.8 Å². The molecule has 0 aliphatic heterocycles. The Morgan fingerprint density at radius 2 is 1.77 bits per heavy atom. The van der Waals surface area contributed by atoms with Crippen molar-refractivity contribution in [2.24, 2.45) is 5.73 Å². The summed E-state index contributed by atoms with van der Waals surface area (Å²) in [6, 6.07) is 12.0. The van der Waals surface area contributed by atoms with Crippen LogP contribution in [-0.4, -0.2) is 27.8 Å². The molecule has 1 aromatic heterocycles. The lowest BCUT2D eigenvalue weighted by Gasteiger charge is -2.15. The number of fused-ring (bicyclic) bond motifs is 1. The first-order valence-corrected chi connectivity index (χ1v) is 8.05. The average Bonchev–Trinajstić information content (AvgIpc) is 2.63. The number of primary amides is 1. The van der Waals surface area contributed by atoms with Crippen molar-refractivity contribution in [3.63, 3.8) is 0 Å². The van der Waals surface area contributed by atoms with Crippen molar-refractivity contribution in [1.82, 2.24) is 15.3 Å². The Balaban J connectivity index is 1.68. The van der Waals surface area contributed by atoms with Crippen LogP contribution < -0.4 is 11.1 Å². The van der Waals surface area contributed by atoms with Crippen molar-refractivity contribution in [3.05, 3.63) is 71.8 Å². The van der Waals surface area contributed by atoms with Gasteiger partial charge in [-0.25, -0.2) is 9.37 Å². The number of carbonyl (C=O) groups excluding carboxylic acids is 2. The standard InChI is InChI=1S/C19H17FN4O2/c20-13-7-5-12(6-8-13)9-18(25)24-17(19(21)26)10-14-11-22-15-3-1-2-4-16(15)23-14/h1-8,11,17H,9-10H2,(H2,21,26)(H,24,25)/t17-/m0/s1. The zero-order valence-electron chi connectivity index (χ0n) is 13.9. The molecule has 3 N–H and O–H groups in total. The fraction of sp³-hybridized carbons (Fsp3) is 0.158. The Labute approximate surface area is 149 Å². The maximum Gasteiger partial charge on any atom is 0.240 e. The predicted molar refractivity (Wildman–Crippen MR) is 94.5 cm³/mol. The maximum atomic E-state index is 12.9. The van der Waals surface area contributed by atoms with Crippen LogP contribution in [-0.2, 0) is 22.4 Å². The van der Waals surface area contributed by atoms with Gasteiger partial charge in [0, 0.05) is 12.6 Å². The molecule has 26 heavy (non-hydrogen) atoms. The van der Waals surface area contributed by atoms with Gasteiger partial charge in [0.25, 0.3) is 0 Å². The van der Waals surface area contributed by atoms with Gasteiger partial charge in [-0.1, -0.05) is 24.3 Å². The molecule has 1 atom stereocenters. The third-order valence-corrected chi connectivity index (χ3v) is 3.87. The van der Waals surface area contributed by atoms with E-state index in [9.17, 15) is 14.0 Å². The molecular weight excluding hydrogens is 335 g/mol. The van der Waals surface area contributed by atoms with Gasteiger partial charge in [-0.2, -0.15) is 0 Å². The minimum Gasteiger partial charge on any atom is -0.368 e. The molecule has 3 aromatic rings.